The van der Waals surface area contributed by atoms with Gasteiger partial charge in [0.25, 0.3) is 0 Å². The van der Waals surface area contributed by atoms with Crippen molar-refractivity contribution in [2.75, 3.05) is 0 Å². The Morgan fingerprint density at radius 2 is 1.59 bits per heavy atom. The summed E-state index contributed by atoms with van der Waals surface area (Å²) in [6.45, 7) is 3.74. The van der Waals surface area contributed by atoms with Crippen LogP contribution < -0.4 is 0 Å². The Morgan fingerprint density at radius 1 is 1.00 bits per heavy atom. The molecule has 0 bridgehead atoms. The average Bonchev–Trinajstić information content (AvgIpc) is 2.95. The molecule has 0 saturated heterocycles. The van der Waals surface area contributed by atoms with Crippen LogP contribution in [-0.2, 0) is 11.2 Å². The number of benzene rings is 2. The van der Waals surface area contributed by atoms with Gasteiger partial charge in [-0.2, -0.15) is 5.10 Å². The molecule has 0 spiro atoms. The molecule has 1 aromatic heterocycles. The van der Waals surface area contributed by atoms with E-state index in [1.165, 1.54) is 4.68 Å². The molecule has 1 N–H and O–H groups in total. The summed E-state index contributed by atoms with van der Waals surface area (Å²) < 4.78 is 1.48. The number of ketones is 1. The van der Waals surface area contributed by atoms with Gasteiger partial charge in [-0.15, -0.1) is 0 Å². The number of aromatic nitrogens is 2. The predicted molar refractivity (Wildman–Crippen MR) is 103 cm³/mol. The molecule has 0 aliphatic carbocycles. The lowest BCUT2D eigenvalue weighted by Crippen LogP contribution is -2.24. The smallest absolute Gasteiger partial charge is 0.328 e. The van der Waals surface area contributed by atoms with Crippen LogP contribution >= 0.6 is 0 Å². The van der Waals surface area contributed by atoms with Gasteiger partial charge in [-0.25, -0.2) is 4.79 Å². The van der Waals surface area contributed by atoms with Crippen LogP contribution in [0, 0.1) is 13.8 Å². The second kappa shape index (κ2) is 7.99. The molecule has 2 aromatic carbocycles. The lowest BCUT2D eigenvalue weighted by atomic mass is 10.0. The van der Waals surface area contributed by atoms with E-state index < -0.39 is 12.0 Å². The van der Waals surface area contributed by atoms with Crippen molar-refractivity contribution < 1.29 is 14.7 Å². The van der Waals surface area contributed by atoms with Crippen LogP contribution in [0.3, 0.4) is 0 Å². The third-order valence-electron chi connectivity index (χ3n) is 4.75. The number of carboxylic acid groups (broad SMARTS) is 1. The monoisotopic (exact) mass is 362 g/mol. The minimum Gasteiger partial charge on any atom is -0.480 e. The maximum atomic E-state index is 12.5. The van der Waals surface area contributed by atoms with Crippen LogP contribution in [0.5, 0.6) is 0 Å². The van der Waals surface area contributed by atoms with E-state index in [1.807, 2.05) is 50.2 Å². The first-order chi connectivity index (χ1) is 13.0. The second-order valence-corrected chi connectivity index (χ2v) is 6.60. The summed E-state index contributed by atoms with van der Waals surface area (Å²) in [6, 6.07) is 17.7. The van der Waals surface area contributed by atoms with E-state index in [9.17, 15) is 14.7 Å². The summed E-state index contributed by atoms with van der Waals surface area (Å²) in [5, 5.41) is 14.2. The maximum absolute atomic E-state index is 12.5. The Bertz CT molecular complexity index is 946. The highest BCUT2D eigenvalue weighted by atomic mass is 16.4. The van der Waals surface area contributed by atoms with Gasteiger partial charge in [0.2, 0.25) is 0 Å². The van der Waals surface area contributed by atoms with E-state index >= 15 is 0 Å². The quantitative estimate of drug-likeness (QED) is 0.645. The van der Waals surface area contributed by atoms with E-state index in [4.69, 9.17) is 0 Å². The Labute approximate surface area is 158 Å². The molecular formula is C22H22N2O3. The summed E-state index contributed by atoms with van der Waals surface area (Å²) in [4.78, 5) is 24.4. The van der Waals surface area contributed by atoms with E-state index in [0.717, 1.165) is 22.5 Å². The number of carbonyl (C=O) groups excluding carboxylic acids is 1. The molecule has 0 fully saturated rings. The zero-order valence-electron chi connectivity index (χ0n) is 15.4. The molecule has 5 nitrogen and oxygen atoms in total. The van der Waals surface area contributed by atoms with Gasteiger partial charge in [-0.1, -0.05) is 60.7 Å². The van der Waals surface area contributed by atoms with Crippen LogP contribution in [0.1, 0.15) is 45.3 Å². The van der Waals surface area contributed by atoms with Crippen molar-refractivity contribution in [1.82, 2.24) is 9.78 Å². The highest BCUT2D eigenvalue weighted by Gasteiger charge is 2.27. The first kappa shape index (κ1) is 18.6. The largest absolute Gasteiger partial charge is 0.480 e. The van der Waals surface area contributed by atoms with Crippen LogP contribution in [-0.4, -0.2) is 26.6 Å². The summed E-state index contributed by atoms with van der Waals surface area (Å²) in [6.07, 6.45) is 0.545. The molecule has 1 heterocycles. The fourth-order valence-electron chi connectivity index (χ4n) is 3.25. The number of hydrogen-bond acceptors (Lipinski definition) is 3. The van der Waals surface area contributed by atoms with E-state index in [2.05, 4.69) is 5.10 Å². The number of Topliss-reactive ketones (excluding diaryl/α,β-unsaturated/α-hetero) is 1. The molecule has 0 amide bonds. The topological polar surface area (TPSA) is 72.2 Å². The minimum absolute atomic E-state index is 0.133. The molecule has 138 valence electrons. The number of aryl methyl sites for hydroxylation is 1. The Balaban J connectivity index is 1.89. The van der Waals surface area contributed by atoms with Gasteiger partial charge in [0.1, 0.15) is 0 Å². The second-order valence-electron chi connectivity index (χ2n) is 6.60. The molecule has 0 saturated carbocycles. The summed E-state index contributed by atoms with van der Waals surface area (Å²) in [5.74, 6) is -1.27. The van der Waals surface area contributed by atoms with Crippen molar-refractivity contribution in [1.29, 1.82) is 0 Å². The van der Waals surface area contributed by atoms with Crippen LogP contribution in [0.2, 0.25) is 0 Å². The highest BCUT2D eigenvalue weighted by Crippen LogP contribution is 2.24. The van der Waals surface area contributed by atoms with Crippen molar-refractivity contribution >= 4 is 11.8 Å². The normalized spacial score (nSPS) is 11.9. The standard InChI is InChI=1S/C22H22N2O3/c1-15-19(13-17-9-5-3-6-10-17)16(2)24(23-15)20(22(26)27)14-21(25)18-11-7-4-8-12-18/h3-12,20H,13-14H2,1-2H3,(H,26,27)/t20-/m0/s1. The van der Waals surface area contributed by atoms with Crippen molar-refractivity contribution in [2.24, 2.45) is 0 Å². The lowest BCUT2D eigenvalue weighted by Gasteiger charge is -2.15. The zero-order valence-corrected chi connectivity index (χ0v) is 15.4. The van der Waals surface area contributed by atoms with Crippen molar-refractivity contribution in [3.63, 3.8) is 0 Å². The van der Waals surface area contributed by atoms with Gasteiger partial charge in [0.15, 0.2) is 11.8 Å². The van der Waals surface area contributed by atoms with Crippen molar-refractivity contribution in [3.8, 4) is 0 Å². The third kappa shape index (κ3) is 4.14. The van der Waals surface area contributed by atoms with Crippen molar-refractivity contribution in [3.05, 3.63) is 88.7 Å². The van der Waals surface area contributed by atoms with Crippen LogP contribution in [0.25, 0.3) is 0 Å². The molecule has 0 radical (unpaired) electrons. The number of carboxylic acids is 1. The van der Waals surface area contributed by atoms with E-state index in [-0.39, 0.29) is 12.2 Å². The van der Waals surface area contributed by atoms with E-state index in [1.54, 1.807) is 24.3 Å². The first-order valence-electron chi connectivity index (χ1n) is 8.87. The number of rotatable bonds is 7. The summed E-state index contributed by atoms with van der Waals surface area (Å²) in [5.41, 5.74) is 4.21. The first-order valence-corrected chi connectivity index (χ1v) is 8.87. The Morgan fingerprint density at radius 3 is 2.19 bits per heavy atom. The molecular weight excluding hydrogens is 340 g/mol. The van der Waals surface area contributed by atoms with Gasteiger partial charge < -0.3 is 5.11 Å². The van der Waals surface area contributed by atoms with Crippen molar-refractivity contribution in [2.45, 2.75) is 32.7 Å². The number of carbonyl (C=O) groups is 2. The molecule has 0 aliphatic rings. The molecule has 0 unspecified atom stereocenters. The summed E-state index contributed by atoms with van der Waals surface area (Å²) >= 11 is 0. The molecule has 0 aliphatic heterocycles. The average molecular weight is 362 g/mol. The fourth-order valence-corrected chi connectivity index (χ4v) is 3.25. The number of hydrogen-bond donors (Lipinski definition) is 1. The fraction of sp³-hybridized carbons (Fsp3) is 0.227. The van der Waals surface area contributed by atoms with Crippen LogP contribution in [0.4, 0.5) is 0 Å². The van der Waals surface area contributed by atoms with Crippen LogP contribution in [0.15, 0.2) is 60.7 Å². The minimum atomic E-state index is -1.06. The van der Waals surface area contributed by atoms with Gasteiger partial charge in [-0.3, -0.25) is 9.48 Å². The molecule has 27 heavy (non-hydrogen) atoms. The Kier molecular flexibility index (Phi) is 5.50. The van der Waals surface area contributed by atoms with Gasteiger partial charge in [0, 0.05) is 29.7 Å². The maximum Gasteiger partial charge on any atom is 0.328 e. The molecule has 3 rings (SSSR count). The SMILES string of the molecule is Cc1nn([C@@H](CC(=O)c2ccccc2)C(=O)O)c(C)c1Cc1ccccc1. The molecule has 3 aromatic rings. The molecule has 5 heteroatoms. The summed E-state index contributed by atoms with van der Waals surface area (Å²) in [7, 11) is 0. The van der Waals surface area contributed by atoms with Gasteiger partial charge >= 0.3 is 5.97 Å². The lowest BCUT2D eigenvalue weighted by molar-refractivity contribution is -0.141. The Hall–Kier alpha value is -3.21. The predicted octanol–water partition coefficient (Wildman–Crippen LogP) is 3.99. The number of nitrogens with zero attached hydrogens (tertiary/aromatic N) is 2. The third-order valence-corrected chi connectivity index (χ3v) is 4.75. The number of aliphatic carboxylic acids is 1. The van der Waals surface area contributed by atoms with E-state index in [0.29, 0.717) is 12.0 Å². The van der Waals surface area contributed by atoms with Gasteiger partial charge in [-0.05, 0) is 19.4 Å². The van der Waals surface area contributed by atoms with Gasteiger partial charge in [0.05, 0.1) is 5.69 Å². The zero-order chi connectivity index (χ0) is 19.4. The molecule has 1 atom stereocenters. The highest BCUT2D eigenvalue weighted by molar-refractivity contribution is 5.98.